The van der Waals surface area contributed by atoms with Crippen molar-refractivity contribution in [1.82, 2.24) is 10.2 Å². The Balaban J connectivity index is 0.00000245. The summed E-state index contributed by atoms with van der Waals surface area (Å²) in [6, 6.07) is 11.8. The zero-order chi connectivity index (χ0) is 21.6. The zero-order valence-electron chi connectivity index (χ0n) is 17.0. The van der Waals surface area contributed by atoms with Crippen molar-refractivity contribution in [3.8, 4) is 0 Å². The van der Waals surface area contributed by atoms with Gasteiger partial charge in [-0.05, 0) is 62.3 Å². The predicted octanol–water partition coefficient (Wildman–Crippen LogP) is 6.18. The first-order valence-electron chi connectivity index (χ1n) is 10.7. The molecule has 3 aromatic rings. The van der Waals surface area contributed by atoms with Crippen LogP contribution in [0, 0.1) is 17.2 Å². The summed E-state index contributed by atoms with van der Waals surface area (Å²) >= 11 is 6.19. The molecule has 1 aromatic heterocycles. The second-order valence-corrected chi connectivity index (χ2v) is 9.18. The van der Waals surface area contributed by atoms with Gasteiger partial charge in [-0.3, -0.25) is 14.7 Å². The number of para-hydroxylation sites is 1. The number of aromatic nitrogens is 2. The highest BCUT2D eigenvalue weighted by atomic mass is 35.5. The van der Waals surface area contributed by atoms with Gasteiger partial charge < -0.3 is 4.90 Å². The van der Waals surface area contributed by atoms with Crippen LogP contribution in [0.5, 0.6) is 0 Å². The minimum Gasteiger partial charge on any atom is -0.310 e. The molecular weight excluding hydrogens is 429 g/mol. The van der Waals surface area contributed by atoms with Crippen molar-refractivity contribution in [2.45, 2.75) is 46.0 Å². The van der Waals surface area contributed by atoms with Gasteiger partial charge in [0, 0.05) is 18.4 Å². The van der Waals surface area contributed by atoms with Crippen molar-refractivity contribution in [1.29, 1.82) is 0 Å². The number of hydrogen-bond acceptors (Lipinski definition) is 3. The number of nitrogens with zero attached hydrogens (tertiary/aromatic N) is 2. The number of carbonyl (C=O) groups excluding carboxylic acids is 2. The summed E-state index contributed by atoms with van der Waals surface area (Å²) in [5, 5.41) is 8.27. The third-order valence-corrected chi connectivity index (χ3v) is 7.29. The molecule has 2 aromatic carbocycles. The number of hydrogen-bond donors (Lipinski definition) is 1. The average molecular weight is 456 g/mol. The van der Waals surface area contributed by atoms with E-state index in [1.807, 2.05) is 24.3 Å². The summed E-state index contributed by atoms with van der Waals surface area (Å²) in [5.74, 6) is -0.0326. The van der Waals surface area contributed by atoms with Crippen LogP contribution in [0.2, 0.25) is 5.02 Å². The van der Waals surface area contributed by atoms with Gasteiger partial charge in [-0.15, -0.1) is 0 Å². The number of benzene rings is 2. The number of halogens is 2. The lowest BCUT2D eigenvalue weighted by molar-refractivity contribution is -0.127. The van der Waals surface area contributed by atoms with Crippen LogP contribution >= 0.6 is 11.6 Å². The second kappa shape index (κ2) is 8.66. The van der Waals surface area contributed by atoms with Crippen molar-refractivity contribution >= 4 is 39.9 Å². The van der Waals surface area contributed by atoms with E-state index in [1.54, 1.807) is 11.0 Å². The molecule has 1 saturated heterocycles. The first kappa shape index (κ1) is 22.5. The number of carbonyl (C=O) groups is 2. The van der Waals surface area contributed by atoms with Gasteiger partial charge in [0.05, 0.1) is 21.6 Å². The molecule has 5 rings (SSSR count). The molecule has 0 radical (unpaired) electrons. The second-order valence-electron chi connectivity index (χ2n) is 8.77. The van der Waals surface area contributed by atoms with Gasteiger partial charge in [-0.2, -0.15) is 5.10 Å². The topological polar surface area (TPSA) is 66.1 Å². The fourth-order valence-electron chi connectivity index (χ4n) is 5.18. The van der Waals surface area contributed by atoms with E-state index < -0.39 is 11.2 Å². The van der Waals surface area contributed by atoms with Crippen LogP contribution in [0.15, 0.2) is 42.5 Å². The molecule has 2 heterocycles. The Morgan fingerprint density at radius 1 is 1.19 bits per heavy atom. The molecule has 168 valence electrons. The summed E-state index contributed by atoms with van der Waals surface area (Å²) in [6.07, 6.45) is 4.42. The lowest BCUT2D eigenvalue weighted by Gasteiger charge is -2.35. The van der Waals surface area contributed by atoms with Crippen LogP contribution in [0.3, 0.4) is 0 Å². The van der Waals surface area contributed by atoms with Gasteiger partial charge in [0.25, 0.3) is 0 Å². The quantitative estimate of drug-likeness (QED) is 0.478. The van der Waals surface area contributed by atoms with E-state index in [4.69, 9.17) is 11.6 Å². The maximum Gasteiger partial charge on any atom is 0.233 e. The minimum absolute atomic E-state index is 0. The van der Waals surface area contributed by atoms with Gasteiger partial charge >= 0.3 is 0 Å². The zero-order valence-corrected chi connectivity index (χ0v) is 17.8. The average Bonchev–Trinajstić information content (AvgIpc) is 3.33. The third-order valence-electron chi connectivity index (χ3n) is 6.98. The lowest BCUT2D eigenvalue weighted by Crippen LogP contribution is -2.38. The van der Waals surface area contributed by atoms with Gasteiger partial charge in [0.2, 0.25) is 5.91 Å². The molecule has 0 unspecified atom stereocenters. The number of H-pyrrole nitrogens is 1. The smallest absolute Gasteiger partial charge is 0.233 e. The molecular formula is C25H27ClFN3O2. The van der Waals surface area contributed by atoms with Crippen molar-refractivity contribution < 1.29 is 14.0 Å². The number of amides is 1. The Labute approximate surface area is 191 Å². The van der Waals surface area contributed by atoms with E-state index in [0.717, 1.165) is 43.0 Å². The van der Waals surface area contributed by atoms with Crippen LogP contribution in [0.4, 0.5) is 10.1 Å². The SMILES string of the molecule is C.O=C(CC1CCC2(CC1)CCN(c1ccc(F)cc1Cl)C2=O)c1n[nH]c2ccccc12. The highest BCUT2D eigenvalue weighted by Crippen LogP contribution is 2.49. The number of aromatic amines is 1. The normalized spacial score (nSPS) is 23.0. The standard InChI is InChI=1S/C24H23ClFN3O2.CH4/c25-18-14-16(26)5-6-20(18)29-12-11-24(23(29)31)9-7-15(8-10-24)13-21(30)22-17-3-1-2-4-19(17)27-28-22;/h1-6,14-15H,7-13H2,(H,27,28);1H4. The molecule has 5 nitrogen and oxygen atoms in total. The third kappa shape index (κ3) is 3.81. The first-order chi connectivity index (χ1) is 15.0. The number of rotatable bonds is 4. The Morgan fingerprint density at radius 3 is 2.69 bits per heavy atom. The first-order valence-corrected chi connectivity index (χ1v) is 11.1. The van der Waals surface area contributed by atoms with E-state index in [9.17, 15) is 14.0 Å². The lowest BCUT2D eigenvalue weighted by atomic mass is 9.68. The highest BCUT2D eigenvalue weighted by Gasteiger charge is 2.49. The van der Waals surface area contributed by atoms with E-state index >= 15 is 0 Å². The van der Waals surface area contributed by atoms with Crippen molar-refractivity contribution in [2.75, 3.05) is 11.4 Å². The van der Waals surface area contributed by atoms with E-state index in [1.165, 1.54) is 12.1 Å². The molecule has 7 heteroatoms. The number of nitrogens with one attached hydrogen (secondary N) is 1. The van der Waals surface area contributed by atoms with Crippen LogP contribution < -0.4 is 4.90 Å². The van der Waals surface area contributed by atoms with Crippen LogP contribution in [-0.4, -0.2) is 28.4 Å². The molecule has 1 N–H and O–H groups in total. The number of fused-ring (bicyclic) bond motifs is 1. The minimum atomic E-state index is -0.412. The fraction of sp³-hybridized carbons (Fsp3) is 0.400. The Hall–Kier alpha value is -2.73. The molecule has 32 heavy (non-hydrogen) atoms. The molecule has 1 saturated carbocycles. The maximum atomic E-state index is 13.4. The molecule has 2 fully saturated rings. The van der Waals surface area contributed by atoms with E-state index in [0.29, 0.717) is 24.3 Å². The van der Waals surface area contributed by atoms with Crippen molar-refractivity contribution in [3.63, 3.8) is 0 Å². The van der Waals surface area contributed by atoms with Gasteiger partial charge in [-0.25, -0.2) is 4.39 Å². The van der Waals surface area contributed by atoms with Crippen molar-refractivity contribution in [3.05, 3.63) is 59.0 Å². The maximum absolute atomic E-state index is 13.4. The Bertz CT molecular complexity index is 1170. The predicted molar refractivity (Wildman–Crippen MR) is 125 cm³/mol. The van der Waals surface area contributed by atoms with Crippen LogP contribution in [0.1, 0.15) is 56.4 Å². The highest BCUT2D eigenvalue weighted by molar-refractivity contribution is 6.34. The fourth-order valence-corrected chi connectivity index (χ4v) is 5.45. The van der Waals surface area contributed by atoms with E-state index in [2.05, 4.69) is 10.2 Å². The molecule has 1 amide bonds. The summed E-state index contributed by atoms with van der Waals surface area (Å²) in [6.45, 7) is 0.590. The van der Waals surface area contributed by atoms with Crippen molar-refractivity contribution in [2.24, 2.45) is 11.3 Å². The molecule has 0 atom stereocenters. The molecule has 1 aliphatic heterocycles. The molecule has 1 spiro atoms. The summed E-state index contributed by atoms with van der Waals surface area (Å²) < 4.78 is 13.4. The Kier molecular flexibility index (Phi) is 6.08. The molecule has 1 aliphatic carbocycles. The summed E-state index contributed by atoms with van der Waals surface area (Å²) in [4.78, 5) is 27.8. The summed E-state index contributed by atoms with van der Waals surface area (Å²) in [7, 11) is 0. The molecule has 2 aliphatic rings. The van der Waals surface area contributed by atoms with Gasteiger partial charge in [-0.1, -0.05) is 37.2 Å². The van der Waals surface area contributed by atoms with Gasteiger partial charge in [0.15, 0.2) is 5.78 Å². The number of Topliss-reactive ketones (excluding diaryl/α,β-unsaturated/α-hetero) is 1. The summed E-state index contributed by atoms with van der Waals surface area (Å²) in [5.41, 5.74) is 1.55. The van der Waals surface area contributed by atoms with Crippen LogP contribution in [-0.2, 0) is 4.79 Å². The number of anilines is 1. The van der Waals surface area contributed by atoms with Gasteiger partial charge in [0.1, 0.15) is 11.5 Å². The largest absolute Gasteiger partial charge is 0.310 e. The number of ketones is 1. The van der Waals surface area contributed by atoms with E-state index in [-0.39, 0.29) is 30.1 Å². The van der Waals surface area contributed by atoms with Crippen LogP contribution in [0.25, 0.3) is 10.9 Å². The molecule has 0 bridgehead atoms. The monoisotopic (exact) mass is 455 g/mol. The Morgan fingerprint density at radius 2 is 1.94 bits per heavy atom.